The number of rotatable bonds is 3. The van der Waals surface area contributed by atoms with Gasteiger partial charge >= 0.3 is 0 Å². The fourth-order valence-electron chi connectivity index (χ4n) is 2.21. The zero-order valence-electron chi connectivity index (χ0n) is 12.6. The number of aryl methyl sites for hydroxylation is 1. The van der Waals surface area contributed by atoms with Gasteiger partial charge in [0.2, 0.25) is 4.80 Å². The minimum atomic E-state index is 0.874. The highest BCUT2D eigenvalue weighted by Gasteiger charge is 2.03. The molecule has 0 saturated heterocycles. The quantitative estimate of drug-likeness (QED) is 0.513. The molecule has 0 saturated carbocycles. The highest BCUT2D eigenvalue weighted by Crippen LogP contribution is 2.10. The van der Waals surface area contributed by atoms with E-state index in [0.29, 0.717) is 0 Å². The van der Waals surface area contributed by atoms with E-state index in [1.54, 1.807) is 11.3 Å². The van der Waals surface area contributed by atoms with E-state index in [-0.39, 0.29) is 0 Å². The molecule has 0 N–H and O–H groups in total. The van der Waals surface area contributed by atoms with E-state index in [4.69, 9.17) is 0 Å². The lowest BCUT2D eigenvalue weighted by Gasteiger charge is -2.04. The van der Waals surface area contributed by atoms with Gasteiger partial charge in [0.1, 0.15) is 0 Å². The molecule has 0 fully saturated rings. The second kappa shape index (κ2) is 6.54. The Labute approximate surface area is 133 Å². The van der Waals surface area contributed by atoms with Crippen molar-refractivity contribution in [1.29, 1.82) is 0 Å². The van der Waals surface area contributed by atoms with Crippen molar-refractivity contribution < 1.29 is 0 Å². The summed E-state index contributed by atoms with van der Waals surface area (Å²) in [5.41, 5.74) is 4.26. The molecule has 1 heterocycles. The van der Waals surface area contributed by atoms with E-state index >= 15 is 0 Å². The summed E-state index contributed by atoms with van der Waals surface area (Å²) >= 11 is 1.60. The SMILES string of the molecule is CC(=NN=c1scc(C)n1-c1ccccc1)c1ccccc1. The van der Waals surface area contributed by atoms with Gasteiger partial charge in [-0.1, -0.05) is 48.5 Å². The molecule has 0 radical (unpaired) electrons. The van der Waals surface area contributed by atoms with E-state index in [0.717, 1.165) is 27.5 Å². The van der Waals surface area contributed by atoms with Crippen molar-refractivity contribution in [3.63, 3.8) is 0 Å². The topological polar surface area (TPSA) is 29.6 Å². The second-order valence-corrected chi connectivity index (χ2v) is 5.82. The number of thiazole rings is 1. The fraction of sp³-hybridized carbons (Fsp3) is 0.111. The van der Waals surface area contributed by atoms with Crippen LogP contribution in [0.1, 0.15) is 18.2 Å². The van der Waals surface area contributed by atoms with Gasteiger partial charge < -0.3 is 0 Å². The van der Waals surface area contributed by atoms with E-state index in [2.05, 4.69) is 39.2 Å². The first-order valence-electron chi connectivity index (χ1n) is 7.12. The van der Waals surface area contributed by atoms with Crippen LogP contribution in [0.15, 0.2) is 76.2 Å². The molecule has 0 amide bonds. The Bertz CT molecular complexity index is 843. The Kier molecular flexibility index (Phi) is 4.30. The second-order valence-electron chi connectivity index (χ2n) is 4.98. The van der Waals surface area contributed by atoms with Crippen molar-refractivity contribution in [3.8, 4) is 5.69 Å². The standard InChI is InChI=1S/C18H17N3S/c1-14-13-22-18(21(14)17-11-7-4-8-12-17)20-19-15(2)16-9-5-3-6-10-16/h3-13H,1-2H3. The maximum Gasteiger partial charge on any atom is 0.215 e. The summed E-state index contributed by atoms with van der Waals surface area (Å²) in [6.07, 6.45) is 0. The van der Waals surface area contributed by atoms with Gasteiger partial charge in [0.05, 0.1) is 5.71 Å². The average Bonchev–Trinajstić information content (AvgIpc) is 2.95. The third-order valence-electron chi connectivity index (χ3n) is 3.37. The molecule has 3 aromatic rings. The first-order chi connectivity index (χ1) is 10.8. The highest BCUT2D eigenvalue weighted by atomic mass is 32.1. The molecule has 110 valence electrons. The minimum Gasteiger partial charge on any atom is -0.288 e. The number of hydrogen-bond donors (Lipinski definition) is 0. The average molecular weight is 307 g/mol. The highest BCUT2D eigenvalue weighted by molar-refractivity contribution is 7.07. The summed E-state index contributed by atoms with van der Waals surface area (Å²) in [5.74, 6) is 0. The van der Waals surface area contributed by atoms with Crippen molar-refractivity contribution >= 4 is 17.0 Å². The van der Waals surface area contributed by atoms with Gasteiger partial charge in [-0.05, 0) is 31.5 Å². The summed E-state index contributed by atoms with van der Waals surface area (Å²) in [6, 6.07) is 20.3. The van der Waals surface area contributed by atoms with Gasteiger partial charge in [0, 0.05) is 16.8 Å². The van der Waals surface area contributed by atoms with Crippen molar-refractivity contribution in [2.45, 2.75) is 13.8 Å². The monoisotopic (exact) mass is 307 g/mol. The molecule has 3 nitrogen and oxygen atoms in total. The van der Waals surface area contributed by atoms with E-state index in [1.165, 1.54) is 0 Å². The lowest BCUT2D eigenvalue weighted by Crippen LogP contribution is -2.13. The van der Waals surface area contributed by atoms with Gasteiger partial charge in [-0.15, -0.1) is 16.4 Å². The van der Waals surface area contributed by atoms with Crippen molar-refractivity contribution in [2.75, 3.05) is 0 Å². The van der Waals surface area contributed by atoms with Crippen LogP contribution >= 0.6 is 11.3 Å². The molecular formula is C18H17N3S. The number of nitrogens with zero attached hydrogens (tertiary/aromatic N) is 3. The van der Waals surface area contributed by atoms with E-state index < -0.39 is 0 Å². The minimum absolute atomic E-state index is 0.874. The number of para-hydroxylation sites is 1. The first-order valence-corrected chi connectivity index (χ1v) is 8.00. The third-order valence-corrected chi connectivity index (χ3v) is 4.30. The molecule has 0 atom stereocenters. The maximum atomic E-state index is 4.45. The summed E-state index contributed by atoms with van der Waals surface area (Å²) < 4.78 is 2.12. The Morgan fingerprint density at radius 2 is 1.59 bits per heavy atom. The number of hydrogen-bond acceptors (Lipinski definition) is 3. The molecular weight excluding hydrogens is 290 g/mol. The van der Waals surface area contributed by atoms with Crippen LogP contribution in [0.5, 0.6) is 0 Å². The first kappa shape index (κ1) is 14.5. The van der Waals surface area contributed by atoms with Gasteiger partial charge in [-0.3, -0.25) is 4.57 Å². The molecule has 4 heteroatoms. The van der Waals surface area contributed by atoms with Crippen LogP contribution in [0, 0.1) is 6.92 Å². The van der Waals surface area contributed by atoms with Crippen LogP contribution in [-0.4, -0.2) is 10.3 Å². The Balaban J connectivity index is 2.03. The van der Waals surface area contributed by atoms with Crippen LogP contribution < -0.4 is 4.80 Å². The van der Waals surface area contributed by atoms with Gasteiger partial charge in [-0.2, -0.15) is 5.10 Å². The van der Waals surface area contributed by atoms with Crippen LogP contribution in [0.2, 0.25) is 0 Å². The van der Waals surface area contributed by atoms with Gasteiger partial charge in [0.25, 0.3) is 0 Å². The van der Waals surface area contributed by atoms with E-state index in [9.17, 15) is 0 Å². The van der Waals surface area contributed by atoms with Crippen molar-refractivity contribution in [1.82, 2.24) is 4.57 Å². The molecule has 22 heavy (non-hydrogen) atoms. The molecule has 3 rings (SSSR count). The molecule has 0 aliphatic rings. The molecule has 2 aromatic carbocycles. The molecule has 0 unspecified atom stereocenters. The smallest absolute Gasteiger partial charge is 0.215 e. The maximum absolute atomic E-state index is 4.45. The number of aromatic nitrogens is 1. The Morgan fingerprint density at radius 1 is 0.955 bits per heavy atom. The van der Waals surface area contributed by atoms with E-state index in [1.807, 2.05) is 55.5 Å². The summed E-state index contributed by atoms with van der Waals surface area (Å²) in [6.45, 7) is 4.06. The zero-order valence-corrected chi connectivity index (χ0v) is 13.4. The lowest BCUT2D eigenvalue weighted by atomic mass is 10.1. The Morgan fingerprint density at radius 3 is 2.27 bits per heavy atom. The normalized spacial score (nSPS) is 12.6. The summed E-state index contributed by atoms with van der Waals surface area (Å²) in [4.78, 5) is 0.874. The lowest BCUT2D eigenvalue weighted by molar-refractivity contribution is 0.925. The van der Waals surface area contributed by atoms with Crippen LogP contribution in [-0.2, 0) is 0 Å². The third kappa shape index (κ3) is 3.07. The molecule has 1 aromatic heterocycles. The van der Waals surface area contributed by atoms with Crippen LogP contribution in [0.4, 0.5) is 0 Å². The van der Waals surface area contributed by atoms with Crippen molar-refractivity contribution in [2.24, 2.45) is 10.2 Å². The summed E-state index contributed by atoms with van der Waals surface area (Å²) in [5, 5.41) is 10.9. The molecule has 0 aliphatic heterocycles. The molecule has 0 bridgehead atoms. The van der Waals surface area contributed by atoms with Crippen molar-refractivity contribution in [3.05, 3.63) is 82.1 Å². The molecule has 0 spiro atoms. The summed E-state index contributed by atoms with van der Waals surface area (Å²) in [7, 11) is 0. The fourth-order valence-corrected chi connectivity index (χ4v) is 3.03. The largest absolute Gasteiger partial charge is 0.288 e. The van der Waals surface area contributed by atoms with Gasteiger partial charge in [0.15, 0.2) is 0 Å². The van der Waals surface area contributed by atoms with Crippen LogP contribution in [0.25, 0.3) is 5.69 Å². The predicted molar refractivity (Wildman–Crippen MR) is 92.6 cm³/mol. The number of benzene rings is 2. The van der Waals surface area contributed by atoms with Gasteiger partial charge in [-0.25, -0.2) is 0 Å². The zero-order chi connectivity index (χ0) is 15.4. The Hall–Kier alpha value is -2.46. The predicted octanol–water partition coefficient (Wildman–Crippen LogP) is 4.17. The molecule has 0 aliphatic carbocycles. The van der Waals surface area contributed by atoms with Crippen LogP contribution in [0.3, 0.4) is 0 Å².